The largest absolute Gasteiger partial charge is 0.481 e. The van der Waals surface area contributed by atoms with Gasteiger partial charge in [-0.3, -0.25) is 14.4 Å². The fraction of sp³-hybridized carbons (Fsp3) is 0.727. The van der Waals surface area contributed by atoms with Crippen LogP contribution in [-0.4, -0.2) is 58.9 Å². The van der Waals surface area contributed by atoms with Crippen LogP contribution in [0, 0.1) is 5.92 Å². The van der Waals surface area contributed by atoms with E-state index in [-0.39, 0.29) is 23.3 Å². The molecule has 0 saturated carbocycles. The summed E-state index contributed by atoms with van der Waals surface area (Å²) < 4.78 is 0. The van der Waals surface area contributed by atoms with Crippen molar-refractivity contribution >= 4 is 29.5 Å². The molecule has 102 valence electrons. The van der Waals surface area contributed by atoms with Crippen LogP contribution in [0.3, 0.4) is 0 Å². The summed E-state index contributed by atoms with van der Waals surface area (Å²) >= 11 is 1.06. The highest BCUT2D eigenvalue weighted by molar-refractivity contribution is 8.00. The third kappa shape index (κ3) is 5.39. The minimum absolute atomic E-state index is 0.0739. The fourth-order valence-electron chi connectivity index (χ4n) is 1.80. The Balaban J connectivity index is 2.08. The second-order valence-electron chi connectivity index (χ2n) is 4.39. The van der Waals surface area contributed by atoms with Crippen molar-refractivity contribution in [2.24, 2.45) is 5.92 Å². The van der Waals surface area contributed by atoms with Gasteiger partial charge in [-0.25, -0.2) is 0 Å². The Hall–Kier alpha value is -1.24. The lowest BCUT2D eigenvalue weighted by Crippen LogP contribution is -2.36. The Labute approximate surface area is 110 Å². The Morgan fingerprint density at radius 2 is 2.22 bits per heavy atom. The van der Waals surface area contributed by atoms with Gasteiger partial charge in [0, 0.05) is 26.1 Å². The zero-order valence-corrected chi connectivity index (χ0v) is 11.2. The fourth-order valence-corrected chi connectivity index (χ4v) is 2.36. The van der Waals surface area contributed by atoms with Crippen LogP contribution in [0.15, 0.2) is 0 Å². The zero-order valence-electron chi connectivity index (χ0n) is 10.3. The molecule has 0 spiro atoms. The standard InChI is InChI=1S/C11H18N2O4S/c1-8-4-10(15)13(5-8)3-2-12-9(14)6-18-7-11(16)17/h8H,2-7H2,1H3,(H,12,14)(H,16,17)/t8-/m0/s1. The molecule has 7 heteroatoms. The van der Waals surface area contributed by atoms with Crippen LogP contribution in [0.2, 0.25) is 0 Å². The third-order valence-electron chi connectivity index (χ3n) is 2.57. The Bertz CT molecular complexity index is 335. The molecule has 18 heavy (non-hydrogen) atoms. The van der Waals surface area contributed by atoms with Gasteiger partial charge in [0.2, 0.25) is 11.8 Å². The lowest BCUT2D eigenvalue weighted by Gasteiger charge is -2.16. The molecule has 0 radical (unpaired) electrons. The molecule has 1 aliphatic heterocycles. The van der Waals surface area contributed by atoms with Crippen molar-refractivity contribution in [1.82, 2.24) is 10.2 Å². The van der Waals surface area contributed by atoms with E-state index in [0.29, 0.717) is 25.4 Å². The summed E-state index contributed by atoms with van der Waals surface area (Å²) in [5, 5.41) is 11.1. The monoisotopic (exact) mass is 274 g/mol. The van der Waals surface area contributed by atoms with Crippen LogP contribution in [0.4, 0.5) is 0 Å². The molecular formula is C11H18N2O4S. The summed E-state index contributed by atoms with van der Waals surface area (Å²) in [5.41, 5.74) is 0. The number of carbonyl (C=O) groups is 3. The predicted octanol–water partition coefficient (Wildman–Crippen LogP) is -0.211. The summed E-state index contributed by atoms with van der Waals surface area (Å²) in [7, 11) is 0. The number of amides is 2. The number of thioether (sulfide) groups is 1. The molecule has 2 N–H and O–H groups in total. The maximum atomic E-state index is 11.5. The van der Waals surface area contributed by atoms with Crippen molar-refractivity contribution in [2.45, 2.75) is 13.3 Å². The van der Waals surface area contributed by atoms with E-state index >= 15 is 0 Å². The van der Waals surface area contributed by atoms with E-state index in [1.54, 1.807) is 4.90 Å². The van der Waals surface area contributed by atoms with Gasteiger partial charge in [-0.15, -0.1) is 11.8 Å². The summed E-state index contributed by atoms with van der Waals surface area (Å²) in [5.74, 6) is -0.534. The number of carboxylic acid groups (broad SMARTS) is 1. The van der Waals surface area contributed by atoms with Crippen molar-refractivity contribution in [3.63, 3.8) is 0 Å². The molecule has 1 rings (SSSR count). The van der Waals surface area contributed by atoms with E-state index in [1.807, 2.05) is 6.92 Å². The van der Waals surface area contributed by atoms with E-state index in [1.165, 1.54) is 0 Å². The summed E-state index contributed by atoms with van der Waals surface area (Å²) in [6, 6.07) is 0. The van der Waals surface area contributed by atoms with Gasteiger partial charge in [-0.1, -0.05) is 6.92 Å². The molecule has 1 heterocycles. The van der Waals surface area contributed by atoms with Crippen LogP contribution < -0.4 is 5.32 Å². The number of carbonyl (C=O) groups excluding carboxylic acids is 2. The Kier molecular flexibility index (Phi) is 5.97. The molecule has 0 aliphatic carbocycles. The van der Waals surface area contributed by atoms with Crippen LogP contribution in [0.25, 0.3) is 0 Å². The number of hydrogen-bond acceptors (Lipinski definition) is 4. The van der Waals surface area contributed by atoms with Crippen molar-refractivity contribution in [1.29, 1.82) is 0 Å². The number of nitrogens with zero attached hydrogens (tertiary/aromatic N) is 1. The predicted molar refractivity (Wildman–Crippen MR) is 68.3 cm³/mol. The average molecular weight is 274 g/mol. The molecule has 6 nitrogen and oxygen atoms in total. The SMILES string of the molecule is C[C@H]1CC(=O)N(CCNC(=O)CSCC(=O)O)C1. The molecule has 1 aliphatic rings. The smallest absolute Gasteiger partial charge is 0.313 e. The molecule has 0 aromatic rings. The Morgan fingerprint density at radius 3 is 2.78 bits per heavy atom. The molecule has 1 atom stereocenters. The van der Waals surface area contributed by atoms with Gasteiger partial charge < -0.3 is 15.3 Å². The molecule has 0 aromatic heterocycles. The van der Waals surface area contributed by atoms with Crippen molar-refractivity contribution in [3.05, 3.63) is 0 Å². The number of likely N-dealkylation sites (tertiary alicyclic amines) is 1. The number of hydrogen-bond donors (Lipinski definition) is 2. The normalized spacial score (nSPS) is 19.1. The number of rotatable bonds is 7. The Morgan fingerprint density at radius 1 is 1.50 bits per heavy atom. The van der Waals surface area contributed by atoms with E-state index in [0.717, 1.165) is 18.3 Å². The van der Waals surface area contributed by atoms with Gasteiger partial charge in [-0.05, 0) is 5.92 Å². The highest BCUT2D eigenvalue weighted by atomic mass is 32.2. The quantitative estimate of drug-likeness (QED) is 0.671. The summed E-state index contributed by atoms with van der Waals surface area (Å²) in [6.07, 6.45) is 0.586. The van der Waals surface area contributed by atoms with Crippen molar-refractivity contribution in [2.75, 3.05) is 31.1 Å². The first-order valence-corrected chi connectivity index (χ1v) is 6.98. The van der Waals surface area contributed by atoms with Crippen molar-refractivity contribution < 1.29 is 19.5 Å². The molecule has 0 unspecified atom stereocenters. The third-order valence-corrected chi connectivity index (χ3v) is 3.49. The maximum absolute atomic E-state index is 11.5. The van der Waals surface area contributed by atoms with E-state index in [9.17, 15) is 14.4 Å². The van der Waals surface area contributed by atoms with Gasteiger partial charge in [0.25, 0.3) is 0 Å². The average Bonchev–Trinajstić information content (AvgIpc) is 2.57. The molecule has 1 fully saturated rings. The minimum Gasteiger partial charge on any atom is -0.481 e. The number of nitrogens with one attached hydrogen (secondary N) is 1. The maximum Gasteiger partial charge on any atom is 0.313 e. The molecule has 0 aromatic carbocycles. The van der Waals surface area contributed by atoms with Gasteiger partial charge in [-0.2, -0.15) is 0 Å². The number of carboxylic acids is 1. The van der Waals surface area contributed by atoms with Gasteiger partial charge >= 0.3 is 5.97 Å². The van der Waals surface area contributed by atoms with Crippen LogP contribution in [0.1, 0.15) is 13.3 Å². The summed E-state index contributed by atoms with van der Waals surface area (Å²) in [4.78, 5) is 34.8. The van der Waals surface area contributed by atoms with Gasteiger partial charge in [0.15, 0.2) is 0 Å². The van der Waals surface area contributed by atoms with E-state index in [4.69, 9.17) is 5.11 Å². The molecular weight excluding hydrogens is 256 g/mol. The topological polar surface area (TPSA) is 86.7 Å². The van der Waals surface area contributed by atoms with Gasteiger partial charge in [0.1, 0.15) is 0 Å². The molecule has 0 bridgehead atoms. The minimum atomic E-state index is -0.926. The summed E-state index contributed by atoms with van der Waals surface area (Å²) in [6.45, 7) is 3.73. The highest BCUT2D eigenvalue weighted by Crippen LogP contribution is 2.15. The van der Waals surface area contributed by atoms with E-state index < -0.39 is 5.97 Å². The van der Waals surface area contributed by atoms with Crippen molar-refractivity contribution in [3.8, 4) is 0 Å². The van der Waals surface area contributed by atoms with E-state index in [2.05, 4.69) is 5.32 Å². The molecule has 2 amide bonds. The second kappa shape index (κ2) is 7.25. The zero-order chi connectivity index (χ0) is 13.5. The lowest BCUT2D eigenvalue weighted by molar-refractivity contribution is -0.134. The first kappa shape index (κ1) is 14.8. The van der Waals surface area contributed by atoms with Gasteiger partial charge in [0.05, 0.1) is 11.5 Å². The number of aliphatic carboxylic acids is 1. The lowest BCUT2D eigenvalue weighted by atomic mass is 10.2. The van der Waals surface area contributed by atoms with Crippen LogP contribution >= 0.6 is 11.8 Å². The van der Waals surface area contributed by atoms with Crippen LogP contribution in [-0.2, 0) is 14.4 Å². The first-order valence-electron chi connectivity index (χ1n) is 5.83. The highest BCUT2D eigenvalue weighted by Gasteiger charge is 2.25. The van der Waals surface area contributed by atoms with Crippen LogP contribution in [0.5, 0.6) is 0 Å². The molecule has 1 saturated heterocycles. The second-order valence-corrected chi connectivity index (χ2v) is 5.37. The first-order chi connectivity index (χ1) is 8.49.